The van der Waals surface area contributed by atoms with Crippen molar-refractivity contribution in [2.24, 2.45) is 0 Å². The van der Waals surface area contributed by atoms with Crippen LogP contribution in [-0.4, -0.2) is 23.8 Å². The predicted molar refractivity (Wildman–Crippen MR) is 80.1 cm³/mol. The molecule has 0 saturated carbocycles. The first-order chi connectivity index (χ1) is 10.1. The molecule has 1 N–H and O–H groups in total. The molecule has 2 rings (SSSR count). The number of rotatable bonds is 7. The number of hydrogen-bond acceptors (Lipinski definition) is 3. The standard InChI is InChI=1S/C16H15ClO4/c17-12-6-8-14(9-7-12)21-15(16(18)19)10-11-20-13-4-2-1-3-5-13/h1-9,15H,10-11H2,(H,18,19)/t15-/m0/s1. The highest BCUT2D eigenvalue weighted by Gasteiger charge is 2.19. The van der Waals surface area contributed by atoms with E-state index in [1.807, 2.05) is 30.3 Å². The largest absolute Gasteiger partial charge is 0.493 e. The predicted octanol–water partition coefficient (Wildman–Crippen LogP) is 3.64. The van der Waals surface area contributed by atoms with Crippen molar-refractivity contribution >= 4 is 17.6 Å². The van der Waals surface area contributed by atoms with Crippen LogP contribution in [0.1, 0.15) is 6.42 Å². The molecule has 110 valence electrons. The Labute approximate surface area is 127 Å². The van der Waals surface area contributed by atoms with E-state index in [2.05, 4.69) is 0 Å². The fourth-order valence-electron chi connectivity index (χ4n) is 1.71. The molecule has 0 aliphatic heterocycles. The van der Waals surface area contributed by atoms with Crippen LogP contribution in [0.2, 0.25) is 5.02 Å². The quantitative estimate of drug-likeness (QED) is 0.848. The Bertz CT molecular complexity index is 569. The Hall–Kier alpha value is -2.20. The van der Waals surface area contributed by atoms with E-state index in [-0.39, 0.29) is 13.0 Å². The van der Waals surface area contributed by atoms with Crippen LogP contribution >= 0.6 is 11.6 Å². The summed E-state index contributed by atoms with van der Waals surface area (Å²) >= 11 is 5.77. The number of carboxylic acids is 1. The second kappa shape index (κ2) is 7.55. The fourth-order valence-corrected chi connectivity index (χ4v) is 1.84. The highest BCUT2D eigenvalue weighted by atomic mass is 35.5. The molecule has 0 radical (unpaired) electrons. The smallest absolute Gasteiger partial charge is 0.345 e. The lowest BCUT2D eigenvalue weighted by Crippen LogP contribution is -2.29. The molecule has 5 heteroatoms. The summed E-state index contributed by atoms with van der Waals surface area (Å²) in [6.45, 7) is 0.259. The van der Waals surface area contributed by atoms with Crippen molar-refractivity contribution in [3.05, 3.63) is 59.6 Å². The van der Waals surface area contributed by atoms with Crippen molar-refractivity contribution in [3.63, 3.8) is 0 Å². The minimum absolute atomic E-state index is 0.243. The molecule has 21 heavy (non-hydrogen) atoms. The van der Waals surface area contributed by atoms with Gasteiger partial charge in [-0.2, -0.15) is 0 Å². The van der Waals surface area contributed by atoms with Gasteiger partial charge in [-0.25, -0.2) is 4.79 Å². The lowest BCUT2D eigenvalue weighted by molar-refractivity contribution is -0.145. The Kier molecular flexibility index (Phi) is 5.46. The zero-order chi connectivity index (χ0) is 15.1. The lowest BCUT2D eigenvalue weighted by atomic mass is 10.2. The molecule has 4 nitrogen and oxygen atoms in total. The van der Waals surface area contributed by atoms with E-state index in [1.54, 1.807) is 24.3 Å². The van der Waals surface area contributed by atoms with Crippen LogP contribution in [0.5, 0.6) is 11.5 Å². The van der Waals surface area contributed by atoms with Crippen molar-refractivity contribution in [2.45, 2.75) is 12.5 Å². The number of benzene rings is 2. The van der Waals surface area contributed by atoms with Crippen LogP contribution in [-0.2, 0) is 4.79 Å². The average Bonchev–Trinajstić information content (AvgIpc) is 2.49. The summed E-state index contributed by atoms with van der Waals surface area (Å²) in [4.78, 5) is 11.2. The number of ether oxygens (including phenoxy) is 2. The summed E-state index contributed by atoms with van der Waals surface area (Å²) < 4.78 is 10.9. The highest BCUT2D eigenvalue weighted by Crippen LogP contribution is 2.18. The van der Waals surface area contributed by atoms with Crippen LogP contribution < -0.4 is 9.47 Å². The van der Waals surface area contributed by atoms with E-state index in [0.717, 1.165) is 0 Å². The average molecular weight is 307 g/mol. The van der Waals surface area contributed by atoms with Crippen LogP contribution in [0, 0.1) is 0 Å². The molecule has 0 spiro atoms. The first kappa shape index (κ1) is 15.2. The van der Waals surface area contributed by atoms with Crippen molar-refractivity contribution < 1.29 is 19.4 Å². The van der Waals surface area contributed by atoms with Crippen LogP contribution in [0.25, 0.3) is 0 Å². The maximum absolute atomic E-state index is 11.2. The number of hydrogen-bond donors (Lipinski definition) is 1. The summed E-state index contributed by atoms with van der Waals surface area (Å²) in [6.07, 6.45) is -0.720. The van der Waals surface area contributed by atoms with Gasteiger partial charge in [-0.3, -0.25) is 0 Å². The van der Waals surface area contributed by atoms with Crippen LogP contribution in [0.15, 0.2) is 54.6 Å². The minimum atomic E-state index is -1.03. The SMILES string of the molecule is O=C(O)[C@H](CCOc1ccccc1)Oc1ccc(Cl)cc1. The van der Waals surface area contributed by atoms with Gasteiger partial charge in [0.05, 0.1) is 6.61 Å². The molecule has 0 aromatic heterocycles. The van der Waals surface area contributed by atoms with E-state index in [4.69, 9.17) is 21.1 Å². The molecule has 0 bridgehead atoms. The molecule has 0 amide bonds. The number of aliphatic carboxylic acids is 1. The summed E-state index contributed by atoms with van der Waals surface area (Å²) in [5.41, 5.74) is 0. The van der Waals surface area contributed by atoms with Crippen molar-refractivity contribution in [1.82, 2.24) is 0 Å². The van der Waals surface area contributed by atoms with Gasteiger partial charge < -0.3 is 14.6 Å². The third-order valence-corrected chi connectivity index (χ3v) is 3.01. The van der Waals surface area contributed by atoms with E-state index in [1.165, 1.54) is 0 Å². The number of halogens is 1. The molecule has 0 heterocycles. The Morgan fingerprint density at radius 1 is 1.05 bits per heavy atom. The van der Waals surface area contributed by atoms with Gasteiger partial charge in [0.15, 0.2) is 6.10 Å². The van der Waals surface area contributed by atoms with Gasteiger partial charge in [-0.1, -0.05) is 29.8 Å². The molecule has 2 aromatic rings. The second-order valence-electron chi connectivity index (χ2n) is 4.35. The maximum Gasteiger partial charge on any atom is 0.345 e. The topological polar surface area (TPSA) is 55.8 Å². The Morgan fingerprint density at radius 3 is 2.33 bits per heavy atom. The summed E-state index contributed by atoms with van der Waals surface area (Å²) in [6, 6.07) is 15.8. The van der Waals surface area contributed by atoms with E-state index in [0.29, 0.717) is 16.5 Å². The monoisotopic (exact) mass is 306 g/mol. The van der Waals surface area contributed by atoms with Crippen molar-refractivity contribution in [1.29, 1.82) is 0 Å². The third kappa shape index (κ3) is 5.00. The first-order valence-corrected chi connectivity index (χ1v) is 6.86. The maximum atomic E-state index is 11.2. The van der Waals surface area contributed by atoms with Crippen LogP contribution in [0.3, 0.4) is 0 Å². The number of carbonyl (C=O) groups is 1. The minimum Gasteiger partial charge on any atom is -0.493 e. The van der Waals surface area contributed by atoms with Crippen LogP contribution in [0.4, 0.5) is 0 Å². The molecule has 0 fully saturated rings. The van der Waals surface area contributed by atoms with Gasteiger partial charge in [0.1, 0.15) is 11.5 Å². The summed E-state index contributed by atoms with van der Waals surface area (Å²) in [5.74, 6) is 0.140. The molecule has 2 aromatic carbocycles. The van der Waals surface area contributed by atoms with E-state index in [9.17, 15) is 9.90 Å². The van der Waals surface area contributed by atoms with Gasteiger partial charge in [0.2, 0.25) is 0 Å². The van der Waals surface area contributed by atoms with Gasteiger partial charge >= 0.3 is 5.97 Å². The van der Waals surface area contributed by atoms with Gasteiger partial charge in [-0.15, -0.1) is 0 Å². The molecule has 0 saturated heterocycles. The van der Waals surface area contributed by atoms with Gasteiger partial charge in [-0.05, 0) is 36.4 Å². The molecular formula is C16H15ClO4. The fraction of sp³-hybridized carbons (Fsp3) is 0.188. The zero-order valence-electron chi connectivity index (χ0n) is 11.2. The summed E-state index contributed by atoms with van der Waals surface area (Å²) in [5, 5.41) is 9.75. The van der Waals surface area contributed by atoms with Crippen molar-refractivity contribution in [2.75, 3.05) is 6.61 Å². The molecule has 0 aliphatic rings. The Balaban J connectivity index is 1.87. The van der Waals surface area contributed by atoms with Gasteiger partial charge in [0, 0.05) is 11.4 Å². The molecule has 1 atom stereocenters. The van der Waals surface area contributed by atoms with Crippen molar-refractivity contribution in [3.8, 4) is 11.5 Å². The highest BCUT2D eigenvalue weighted by molar-refractivity contribution is 6.30. The lowest BCUT2D eigenvalue weighted by Gasteiger charge is -2.15. The summed E-state index contributed by atoms with van der Waals surface area (Å²) in [7, 11) is 0. The normalized spacial score (nSPS) is 11.7. The Morgan fingerprint density at radius 2 is 1.71 bits per heavy atom. The third-order valence-electron chi connectivity index (χ3n) is 2.76. The van der Waals surface area contributed by atoms with E-state index < -0.39 is 12.1 Å². The van der Waals surface area contributed by atoms with E-state index >= 15 is 0 Å². The molecule has 0 unspecified atom stereocenters. The number of carboxylic acid groups (broad SMARTS) is 1. The van der Waals surface area contributed by atoms with Gasteiger partial charge in [0.25, 0.3) is 0 Å². The number of para-hydroxylation sites is 1. The zero-order valence-corrected chi connectivity index (χ0v) is 12.0. The second-order valence-corrected chi connectivity index (χ2v) is 4.79. The molecule has 0 aliphatic carbocycles. The molecular weight excluding hydrogens is 292 g/mol. The first-order valence-electron chi connectivity index (χ1n) is 6.48.